The summed E-state index contributed by atoms with van der Waals surface area (Å²) < 4.78 is 7.07. The van der Waals surface area contributed by atoms with E-state index in [2.05, 4.69) is 43.8 Å². The Hall–Kier alpha value is -0.650. The molecule has 0 saturated heterocycles. The quantitative estimate of drug-likeness (QED) is 0.749. The molecule has 0 unspecified atom stereocenters. The fourth-order valence-corrected chi connectivity index (χ4v) is 3.02. The smallest absolute Gasteiger partial charge is 0.156 e. The predicted molar refractivity (Wildman–Crippen MR) is 83.4 cm³/mol. The van der Waals surface area contributed by atoms with Crippen molar-refractivity contribution in [1.29, 1.82) is 0 Å². The van der Waals surface area contributed by atoms with Gasteiger partial charge in [0, 0.05) is 16.5 Å². The van der Waals surface area contributed by atoms with E-state index in [9.17, 15) is 5.11 Å². The van der Waals surface area contributed by atoms with E-state index < -0.39 is 0 Å². The molecule has 0 aliphatic heterocycles. The van der Waals surface area contributed by atoms with Crippen molar-refractivity contribution in [3.8, 4) is 5.75 Å². The maximum absolute atomic E-state index is 10.0. The van der Waals surface area contributed by atoms with Crippen molar-refractivity contribution < 1.29 is 9.84 Å². The number of halogens is 2. The van der Waals surface area contributed by atoms with Crippen LogP contribution in [0.15, 0.2) is 27.1 Å². The van der Waals surface area contributed by atoms with E-state index >= 15 is 0 Å². The Morgan fingerprint density at radius 2 is 2.05 bits per heavy atom. The molecular weight excluding hydrogens is 374 g/mol. The first kappa shape index (κ1) is 14.8. The standard InChI is InChI=1S/C14H15Br2NO2/c1-2-3-6-19-8-9-4-5-10-11(15)7-12(16)14(18)13(10)17-9/h4-5,7,18H,2-3,6,8H2,1H3. The second-order valence-electron chi connectivity index (χ2n) is 4.29. The lowest BCUT2D eigenvalue weighted by Gasteiger charge is -2.08. The van der Waals surface area contributed by atoms with Crippen LogP contribution in [-0.2, 0) is 11.3 Å². The number of nitrogens with zero attached hydrogens (tertiary/aromatic N) is 1. The summed E-state index contributed by atoms with van der Waals surface area (Å²) in [5.74, 6) is 0.161. The number of phenols is 1. The predicted octanol–water partition coefficient (Wildman–Crippen LogP) is 4.78. The maximum Gasteiger partial charge on any atom is 0.156 e. The molecule has 0 bridgehead atoms. The van der Waals surface area contributed by atoms with Gasteiger partial charge in [0.15, 0.2) is 5.75 Å². The van der Waals surface area contributed by atoms with Gasteiger partial charge in [0.1, 0.15) is 5.52 Å². The molecule has 102 valence electrons. The highest BCUT2D eigenvalue weighted by Crippen LogP contribution is 2.36. The number of aromatic hydroxyl groups is 1. The molecule has 0 amide bonds. The Labute approximate surface area is 129 Å². The number of hydrogen-bond donors (Lipinski definition) is 1. The van der Waals surface area contributed by atoms with Crippen molar-refractivity contribution in [3.63, 3.8) is 0 Å². The van der Waals surface area contributed by atoms with Crippen LogP contribution < -0.4 is 0 Å². The Morgan fingerprint density at radius 3 is 2.79 bits per heavy atom. The summed E-state index contributed by atoms with van der Waals surface area (Å²) in [5.41, 5.74) is 1.40. The molecule has 0 spiro atoms. The largest absolute Gasteiger partial charge is 0.505 e. The van der Waals surface area contributed by atoms with Crippen LogP contribution in [-0.4, -0.2) is 16.7 Å². The summed E-state index contributed by atoms with van der Waals surface area (Å²) in [6.07, 6.45) is 2.17. The summed E-state index contributed by atoms with van der Waals surface area (Å²) in [6, 6.07) is 5.68. The van der Waals surface area contributed by atoms with Gasteiger partial charge in [-0.15, -0.1) is 0 Å². The van der Waals surface area contributed by atoms with Crippen LogP contribution in [0.4, 0.5) is 0 Å². The molecule has 2 rings (SSSR count). The average molecular weight is 389 g/mol. The van der Waals surface area contributed by atoms with Crippen LogP contribution >= 0.6 is 31.9 Å². The van der Waals surface area contributed by atoms with E-state index in [1.165, 1.54) is 0 Å². The summed E-state index contributed by atoms with van der Waals surface area (Å²) in [7, 11) is 0. The van der Waals surface area contributed by atoms with Gasteiger partial charge in [0.25, 0.3) is 0 Å². The van der Waals surface area contributed by atoms with Crippen molar-refractivity contribution in [2.24, 2.45) is 0 Å². The lowest BCUT2D eigenvalue weighted by Crippen LogP contribution is -1.98. The highest BCUT2D eigenvalue weighted by atomic mass is 79.9. The number of unbranched alkanes of at least 4 members (excludes halogenated alkanes) is 1. The van der Waals surface area contributed by atoms with Gasteiger partial charge in [-0.05, 0) is 40.5 Å². The molecule has 3 nitrogen and oxygen atoms in total. The SMILES string of the molecule is CCCCOCc1ccc2c(Br)cc(Br)c(O)c2n1. The molecule has 0 saturated carbocycles. The van der Waals surface area contributed by atoms with Crippen LogP contribution in [0.5, 0.6) is 5.75 Å². The van der Waals surface area contributed by atoms with E-state index in [-0.39, 0.29) is 5.75 Å². The van der Waals surface area contributed by atoms with Gasteiger partial charge in [0.2, 0.25) is 0 Å². The number of phenolic OH excluding ortho intramolecular Hbond substituents is 1. The first-order valence-corrected chi connectivity index (χ1v) is 7.76. The second-order valence-corrected chi connectivity index (χ2v) is 6.00. The molecule has 1 N–H and O–H groups in total. The van der Waals surface area contributed by atoms with Gasteiger partial charge in [0.05, 0.1) is 16.8 Å². The normalized spacial score (nSPS) is 11.1. The molecule has 0 aliphatic rings. The van der Waals surface area contributed by atoms with Crippen molar-refractivity contribution >= 4 is 42.8 Å². The van der Waals surface area contributed by atoms with E-state index in [4.69, 9.17) is 4.74 Å². The van der Waals surface area contributed by atoms with Gasteiger partial charge in [-0.2, -0.15) is 0 Å². The van der Waals surface area contributed by atoms with Crippen LogP contribution in [0.1, 0.15) is 25.5 Å². The van der Waals surface area contributed by atoms with Crippen molar-refractivity contribution in [2.45, 2.75) is 26.4 Å². The molecule has 2 aromatic rings. The fourth-order valence-electron chi connectivity index (χ4n) is 1.75. The zero-order chi connectivity index (χ0) is 13.8. The molecule has 1 heterocycles. The van der Waals surface area contributed by atoms with Crippen molar-refractivity contribution in [3.05, 3.63) is 32.8 Å². The minimum absolute atomic E-state index is 0.161. The van der Waals surface area contributed by atoms with E-state index in [1.807, 2.05) is 18.2 Å². The molecule has 0 aliphatic carbocycles. The fraction of sp³-hybridized carbons (Fsp3) is 0.357. The lowest BCUT2D eigenvalue weighted by atomic mass is 10.2. The van der Waals surface area contributed by atoms with Crippen molar-refractivity contribution in [1.82, 2.24) is 4.98 Å². The molecule has 1 aromatic heterocycles. The molecule has 0 atom stereocenters. The third-order valence-electron chi connectivity index (χ3n) is 2.81. The summed E-state index contributed by atoms with van der Waals surface area (Å²) in [6.45, 7) is 3.34. The van der Waals surface area contributed by atoms with Crippen LogP contribution in [0.3, 0.4) is 0 Å². The number of aromatic nitrogens is 1. The topological polar surface area (TPSA) is 42.4 Å². The monoisotopic (exact) mass is 387 g/mol. The summed E-state index contributed by atoms with van der Waals surface area (Å²) in [4.78, 5) is 4.46. The van der Waals surface area contributed by atoms with Crippen molar-refractivity contribution in [2.75, 3.05) is 6.61 Å². The molecule has 5 heteroatoms. The molecule has 1 aromatic carbocycles. The van der Waals surface area contributed by atoms with Crippen LogP contribution in [0, 0.1) is 0 Å². The molecular formula is C14H15Br2NO2. The van der Waals surface area contributed by atoms with Crippen LogP contribution in [0.25, 0.3) is 10.9 Å². The van der Waals surface area contributed by atoms with Gasteiger partial charge < -0.3 is 9.84 Å². The average Bonchev–Trinajstić information content (AvgIpc) is 2.41. The van der Waals surface area contributed by atoms with Gasteiger partial charge >= 0.3 is 0 Å². The van der Waals surface area contributed by atoms with E-state index in [1.54, 1.807) is 0 Å². The number of fused-ring (bicyclic) bond motifs is 1. The van der Waals surface area contributed by atoms with Gasteiger partial charge in [-0.25, -0.2) is 4.98 Å². The Bertz CT molecular complexity index is 587. The first-order chi connectivity index (χ1) is 9.13. The Morgan fingerprint density at radius 1 is 1.26 bits per heavy atom. The summed E-state index contributed by atoms with van der Waals surface area (Å²) >= 11 is 6.78. The Kier molecular flexibility index (Phi) is 5.19. The third-order valence-corrected chi connectivity index (χ3v) is 4.07. The van der Waals surface area contributed by atoms with Crippen LogP contribution in [0.2, 0.25) is 0 Å². The minimum Gasteiger partial charge on any atom is -0.505 e. The van der Waals surface area contributed by atoms with E-state index in [0.717, 1.165) is 35.0 Å². The third kappa shape index (κ3) is 3.46. The number of ether oxygens (including phenoxy) is 1. The highest BCUT2D eigenvalue weighted by molar-refractivity contribution is 9.11. The zero-order valence-corrected chi connectivity index (χ0v) is 13.8. The number of hydrogen-bond acceptors (Lipinski definition) is 3. The molecule has 0 radical (unpaired) electrons. The number of rotatable bonds is 5. The zero-order valence-electron chi connectivity index (χ0n) is 10.6. The first-order valence-electron chi connectivity index (χ1n) is 6.17. The summed E-state index contributed by atoms with van der Waals surface area (Å²) in [5, 5.41) is 10.9. The number of benzene rings is 1. The minimum atomic E-state index is 0.161. The van der Waals surface area contributed by atoms with Gasteiger partial charge in [-0.3, -0.25) is 0 Å². The second kappa shape index (κ2) is 6.68. The molecule has 19 heavy (non-hydrogen) atoms. The molecule has 0 fully saturated rings. The lowest BCUT2D eigenvalue weighted by molar-refractivity contribution is 0.115. The number of pyridine rings is 1. The maximum atomic E-state index is 10.0. The van der Waals surface area contributed by atoms with Gasteiger partial charge in [-0.1, -0.05) is 29.3 Å². The Balaban J connectivity index is 2.27. The highest BCUT2D eigenvalue weighted by Gasteiger charge is 2.10. The van der Waals surface area contributed by atoms with E-state index in [0.29, 0.717) is 16.6 Å².